The molecule has 1 aliphatic rings. The molecule has 2 aromatic carbocycles. The summed E-state index contributed by atoms with van der Waals surface area (Å²) in [6, 6.07) is 17.2. The Kier molecular flexibility index (Phi) is 7.34. The molecule has 8 nitrogen and oxygen atoms in total. The molecule has 1 aliphatic heterocycles. The fraction of sp³-hybridized carbons (Fsp3) is 0.375. The summed E-state index contributed by atoms with van der Waals surface area (Å²) in [4.78, 5) is 19.2. The van der Waals surface area contributed by atoms with Gasteiger partial charge in [0.25, 0.3) is 5.89 Å². The molecule has 0 bridgehead atoms. The van der Waals surface area contributed by atoms with Crippen molar-refractivity contribution >= 4 is 6.03 Å². The number of amides is 2. The minimum atomic E-state index is -0.203. The third kappa shape index (κ3) is 5.64. The Bertz CT molecular complexity index is 991. The molecule has 3 aromatic rings. The predicted octanol–water partition coefficient (Wildman–Crippen LogP) is 4.23. The molecule has 1 saturated heterocycles. The van der Waals surface area contributed by atoms with E-state index in [0.717, 1.165) is 36.1 Å². The second-order valence-electron chi connectivity index (χ2n) is 7.74. The molecule has 8 heteroatoms. The fourth-order valence-corrected chi connectivity index (χ4v) is 3.76. The van der Waals surface area contributed by atoms with Crippen LogP contribution in [0.5, 0.6) is 5.75 Å². The maximum Gasteiger partial charge on any atom is 0.318 e. The molecule has 2 amide bonds. The van der Waals surface area contributed by atoms with E-state index in [1.54, 1.807) is 12.0 Å². The Morgan fingerprint density at radius 3 is 2.69 bits per heavy atom. The van der Waals surface area contributed by atoms with Crippen molar-refractivity contribution in [2.24, 2.45) is 0 Å². The zero-order valence-electron chi connectivity index (χ0n) is 18.2. The average Bonchev–Trinajstić information content (AvgIpc) is 3.32. The van der Waals surface area contributed by atoms with E-state index in [-0.39, 0.29) is 18.7 Å². The molecule has 4 rings (SSSR count). The minimum absolute atomic E-state index is 0.128. The summed E-state index contributed by atoms with van der Waals surface area (Å²) in [7, 11) is 1.63. The van der Waals surface area contributed by atoms with Gasteiger partial charge in [-0.1, -0.05) is 47.6 Å². The van der Waals surface area contributed by atoms with Crippen LogP contribution < -0.4 is 10.1 Å². The summed E-state index contributed by atoms with van der Waals surface area (Å²) in [6.45, 7) is 1.81. The third-order valence-corrected chi connectivity index (χ3v) is 5.49. The van der Waals surface area contributed by atoms with Crippen LogP contribution in [-0.4, -0.2) is 34.7 Å². The number of likely N-dealkylation sites (tertiary alicyclic amines) is 1. The first kappa shape index (κ1) is 21.8. The summed E-state index contributed by atoms with van der Waals surface area (Å²) >= 11 is 0. The number of nitrogens with one attached hydrogen (secondary N) is 1. The van der Waals surface area contributed by atoms with E-state index in [1.165, 1.54) is 0 Å². The number of ether oxygens (including phenoxy) is 2. The van der Waals surface area contributed by atoms with Crippen molar-refractivity contribution in [1.29, 1.82) is 0 Å². The van der Waals surface area contributed by atoms with E-state index in [9.17, 15) is 4.79 Å². The molecular formula is C24H28N4O4. The van der Waals surface area contributed by atoms with Crippen molar-refractivity contribution in [1.82, 2.24) is 20.4 Å². The molecule has 1 fully saturated rings. The Hall–Kier alpha value is -3.39. The molecule has 0 spiro atoms. The van der Waals surface area contributed by atoms with Crippen molar-refractivity contribution in [2.45, 2.75) is 45.1 Å². The van der Waals surface area contributed by atoms with Crippen LogP contribution in [0.15, 0.2) is 59.1 Å². The smallest absolute Gasteiger partial charge is 0.318 e. The number of benzene rings is 2. The Morgan fingerprint density at radius 2 is 1.91 bits per heavy atom. The SMILES string of the molecule is COc1ccc(CNC(=O)N2CCCCC2c2noc(COCc3ccccc3)n2)cc1. The molecule has 1 atom stereocenters. The zero-order chi connectivity index (χ0) is 22.2. The topological polar surface area (TPSA) is 89.7 Å². The maximum atomic E-state index is 12.9. The number of piperidine rings is 1. The number of methoxy groups -OCH3 is 1. The molecule has 1 N–H and O–H groups in total. The van der Waals surface area contributed by atoms with E-state index >= 15 is 0 Å². The van der Waals surface area contributed by atoms with Crippen molar-refractivity contribution in [3.05, 3.63) is 77.4 Å². The van der Waals surface area contributed by atoms with Gasteiger partial charge >= 0.3 is 6.03 Å². The third-order valence-electron chi connectivity index (χ3n) is 5.49. The normalized spacial score (nSPS) is 16.0. The van der Waals surface area contributed by atoms with E-state index in [0.29, 0.717) is 31.4 Å². The van der Waals surface area contributed by atoms with E-state index < -0.39 is 0 Å². The number of nitrogens with zero attached hydrogens (tertiary/aromatic N) is 3. The van der Waals surface area contributed by atoms with Gasteiger partial charge in [-0.2, -0.15) is 4.98 Å². The highest BCUT2D eigenvalue weighted by Gasteiger charge is 2.31. The Balaban J connectivity index is 1.32. The fourth-order valence-electron chi connectivity index (χ4n) is 3.76. The highest BCUT2D eigenvalue weighted by molar-refractivity contribution is 5.74. The van der Waals surface area contributed by atoms with Crippen LogP contribution in [0, 0.1) is 0 Å². The molecule has 0 radical (unpaired) electrons. The first-order valence-corrected chi connectivity index (χ1v) is 10.8. The lowest BCUT2D eigenvalue weighted by Gasteiger charge is -2.33. The number of urea groups is 1. The summed E-state index contributed by atoms with van der Waals surface area (Å²) in [6.07, 6.45) is 2.78. The molecule has 0 saturated carbocycles. The van der Waals surface area contributed by atoms with Gasteiger partial charge in [-0.05, 0) is 42.5 Å². The van der Waals surface area contributed by atoms with Gasteiger partial charge in [0.05, 0.1) is 19.8 Å². The van der Waals surface area contributed by atoms with Crippen molar-refractivity contribution in [3.8, 4) is 5.75 Å². The molecule has 168 valence electrons. The van der Waals surface area contributed by atoms with Crippen LogP contribution in [-0.2, 0) is 24.5 Å². The van der Waals surface area contributed by atoms with Crippen LogP contribution in [0.2, 0.25) is 0 Å². The summed E-state index contributed by atoms with van der Waals surface area (Å²) in [5, 5.41) is 7.13. The summed E-state index contributed by atoms with van der Waals surface area (Å²) in [5.74, 6) is 1.74. The zero-order valence-corrected chi connectivity index (χ0v) is 18.2. The number of rotatable bonds is 8. The van der Waals surface area contributed by atoms with Gasteiger partial charge in [0, 0.05) is 13.1 Å². The molecular weight excluding hydrogens is 408 g/mol. The summed E-state index contributed by atoms with van der Waals surface area (Å²) < 4.78 is 16.2. The van der Waals surface area contributed by atoms with Gasteiger partial charge in [0.2, 0.25) is 0 Å². The van der Waals surface area contributed by atoms with Crippen LogP contribution in [0.1, 0.15) is 48.1 Å². The number of hydrogen-bond acceptors (Lipinski definition) is 6. The summed E-state index contributed by atoms with van der Waals surface area (Å²) in [5.41, 5.74) is 2.09. The first-order valence-electron chi connectivity index (χ1n) is 10.8. The van der Waals surface area contributed by atoms with E-state index in [2.05, 4.69) is 15.5 Å². The highest BCUT2D eigenvalue weighted by Crippen LogP contribution is 2.29. The Labute approximate surface area is 187 Å². The predicted molar refractivity (Wildman–Crippen MR) is 118 cm³/mol. The number of aromatic nitrogens is 2. The molecule has 1 unspecified atom stereocenters. The van der Waals surface area contributed by atoms with Crippen molar-refractivity contribution in [3.63, 3.8) is 0 Å². The lowest BCUT2D eigenvalue weighted by atomic mass is 10.0. The second kappa shape index (κ2) is 10.8. The largest absolute Gasteiger partial charge is 0.497 e. The maximum absolute atomic E-state index is 12.9. The number of carbonyl (C=O) groups excluding carboxylic acids is 1. The molecule has 1 aromatic heterocycles. The van der Waals surface area contributed by atoms with Gasteiger partial charge < -0.3 is 24.2 Å². The van der Waals surface area contributed by atoms with Crippen molar-refractivity contribution in [2.75, 3.05) is 13.7 Å². The Morgan fingerprint density at radius 1 is 1.09 bits per heavy atom. The van der Waals surface area contributed by atoms with Crippen molar-refractivity contribution < 1.29 is 18.8 Å². The monoisotopic (exact) mass is 436 g/mol. The van der Waals surface area contributed by atoms with Gasteiger partial charge in [0.1, 0.15) is 12.4 Å². The van der Waals surface area contributed by atoms with Gasteiger partial charge in [-0.15, -0.1) is 0 Å². The average molecular weight is 437 g/mol. The standard InChI is InChI=1S/C24H28N4O4/c1-30-20-12-10-18(11-13-20)15-25-24(29)28-14-6-5-9-21(28)23-26-22(32-27-23)17-31-16-19-7-3-2-4-8-19/h2-4,7-8,10-13,21H,5-6,9,14-17H2,1H3,(H,25,29). The van der Waals surface area contributed by atoms with Crippen LogP contribution in [0.4, 0.5) is 4.79 Å². The highest BCUT2D eigenvalue weighted by atomic mass is 16.5. The van der Waals surface area contributed by atoms with E-state index in [4.69, 9.17) is 14.0 Å². The lowest BCUT2D eigenvalue weighted by Crippen LogP contribution is -2.44. The quantitative estimate of drug-likeness (QED) is 0.568. The lowest BCUT2D eigenvalue weighted by molar-refractivity contribution is 0.0850. The van der Waals surface area contributed by atoms with Gasteiger partial charge in [-0.25, -0.2) is 4.79 Å². The molecule has 32 heavy (non-hydrogen) atoms. The van der Waals surface area contributed by atoms with Crippen LogP contribution in [0.25, 0.3) is 0 Å². The number of carbonyl (C=O) groups is 1. The van der Waals surface area contributed by atoms with Gasteiger partial charge in [0.15, 0.2) is 5.82 Å². The minimum Gasteiger partial charge on any atom is -0.497 e. The molecule has 2 heterocycles. The second-order valence-corrected chi connectivity index (χ2v) is 7.74. The van der Waals surface area contributed by atoms with Crippen LogP contribution >= 0.6 is 0 Å². The van der Waals surface area contributed by atoms with Gasteiger partial charge in [-0.3, -0.25) is 0 Å². The van der Waals surface area contributed by atoms with E-state index in [1.807, 2.05) is 54.6 Å². The van der Waals surface area contributed by atoms with Crippen LogP contribution in [0.3, 0.4) is 0 Å². The molecule has 0 aliphatic carbocycles. The number of hydrogen-bond donors (Lipinski definition) is 1. The first-order chi connectivity index (χ1) is 15.7.